The highest BCUT2D eigenvalue weighted by atomic mass is 19.4. The molecule has 2 atom stereocenters. The van der Waals surface area contributed by atoms with Crippen molar-refractivity contribution in [3.63, 3.8) is 0 Å². The molecule has 6 nitrogen and oxygen atoms in total. The number of hydrogen-bond donors (Lipinski definition) is 1. The number of carbonyl (C=O) groups is 1. The van der Waals surface area contributed by atoms with Gasteiger partial charge in [-0.05, 0) is 12.1 Å². The summed E-state index contributed by atoms with van der Waals surface area (Å²) in [5.74, 6) is -2.13. The second-order valence-electron chi connectivity index (χ2n) is 4.72. The molecular weight excluding hydrogens is 317 g/mol. The van der Waals surface area contributed by atoms with Crippen molar-refractivity contribution in [3.05, 3.63) is 51.6 Å². The van der Waals surface area contributed by atoms with Crippen LogP contribution in [0.3, 0.4) is 0 Å². The van der Waals surface area contributed by atoms with E-state index in [-0.39, 0.29) is 6.07 Å². The lowest BCUT2D eigenvalue weighted by atomic mass is 9.89. The van der Waals surface area contributed by atoms with Gasteiger partial charge in [0.2, 0.25) is 0 Å². The Kier molecular flexibility index (Phi) is 5.24. The van der Waals surface area contributed by atoms with E-state index >= 15 is 0 Å². The lowest BCUT2D eigenvalue weighted by molar-refractivity contribution is -0.386. The number of nitriles is 1. The highest BCUT2D eigenvalue weighted by Crippen LogP contribution is 2.37. The number of halogens is 3. The number of hydrogen-bond acceptors (Lipinski definition) is 5. The molecule has 0 saturated carbocycles. The van der Waals surface area contributed by atoms with Crippen LogP contribution in [0.25, 0.3) is 0 Å². The van der Waals surface area contributed by atoms with Crippen LogP contribution in [-0.4, -0.2) is 15.8 Å². The van der Waals surface area contributed by atoms with Gasteiger partial charge in [-0.2, -0.15) is 18.4 Å². The zero-order chi connectivity index (χ0) is 17.9. The first-order valence-electron chi connectivity index (χ1n) is 6.17. The van der Waals surface area contributed by atoms with E-state index in [1.54, 1.807) is 0 Å². The summed E-state index contributed by atoms with van der Waals surface area (Å²) in [5, 5.41) is 29.6. The fourth-order valence-corrected chi connectivity index (χ4v) is 1.87. The molecule has 0 bridgehead atoms. The summed E-state index contributed by atoms with van der Waals surface area (Å²) in [4.78, 5) is 21.6. The van der Waals surface area contributed by atoms with Gasteiger partial charge in [0, 0.05) is 6.07 Å². The van der Waals surface area contributed by atoms with Crippen molar-refractivity contribution < 1.29 is 28.0 Å². The van der Waals surface area contributed by atoms with Gasteiger partial charge < -0.3 is 5.11 Å². The van der Waals surface area contributed by atoms with E-state index in [2.05, 4.69) is 6.58 Å². The molecule has 2 unspecified atom stereocenters. The maximum atomic E-state index is 12.6. The van der Waals surface area contributed by atoms with E-state index in [1.807, 2.05) is 0 Å². The number of nitro groups is 1. The number of nitro benzene ring substituents is 1. The smallest absolute Gasteiger partial charge is 0.387 e. The molecule has 23 heavy (non-hydrogen) atoms. The SMILES string of the molecule is C=C(C#N)C(=O)C(C)C(O)c1ccc(C(F)(F)F)cc1[N+](=O)[O-]. The Morgan fingerprint density at radius 1 is 1.48 bits per heavy atom. The topological polar surface area (TPSA) is 104 Å². The summed E-state index contributed by atoms with van der Waals surface area (Å²) in [6.07, 6.45) is -6.54. The van der Waals surface area contributed by atoms with Gasteiger partial charge in [0.05, 0.1) is 33.6 Å². The van der Waals surface area contributed by atoms with Crippen molar-refractivity contribution >= 4 is 11.5 Å². The van der Waals surface area contributed by atoms with Crippen LogP contribution in [0.4, 0.5) is 18.9 Å². The maximum absolute atomic E-state index is 12.6. The first-order valence-corrected chi connectivity index (χ1v) is 6.17. The van der Waals surface area contributed by atoms with E-state index in [4.69, 9.17) is 5.26 Å². The molecule has 9 heteroatoms. The minimum atomic E-state index is -4.79. The fourth-order valence-electron chi connectivity index (χ4n) is 1.87. The molecule has 0 aliphatic rings. The highest BCUT2D eigenvalue weighted by Gasteiger charge is 2.35. The number of nitrogens with zero attached hydrogens (tertiary/aromatic N) is 2. The average Bonchev–Trinajstić information content (AvgIpc) is 2.50. The molecule has 0 saturated heterocycles. The van der Waals surface area contributed by atoms with Gasteiger partial charge in [-0.3, -0.25) is 14.9 Å². The number of rotatable bonds is 5. The Hall–Kier alpha value is -2.73. The molecule has 1 aromatic carbocycles. The van der Waals surface area contributed by atoms with E-state index in [0.717, 1.165) is 6.07 Å². The molecule has 0 aromatic heterocycles. The molecule has 1 N–H and O–H groups in total. The van der Waals surface area contributed by atoms with Crippen LogP contribution < -0.4 is 0 Å². The summed E-state index contributed by atoms with van der Waals surface area (Å²) in [6, 6.07) is 3.08. The summed E-state index contributed by atoms with van der Waals surface area (Å²) in [6.45, 7) is 4.36. The number of aliphatic hydroxyl groups excluding tert-OH is 1. The van der Waals surface area contributed by atoms with Crippen LogP contribution >= 0.6 is 0 Å². The van der Waals surface area contributed by atoms with Gasteiger partial charge in [0.1, 0.15) is 6.07 Å². The van der Waals surface area contributed by atoms with Gasteiger partial charge in [-0.1, -0.05) is 13.5 Å². The third kappa shape index (κ3) is 3.92. The molecule has 122 valence electrons. The van der Waals surface area contributed by atoms with Crippen LogP contribution in [0, 0.1) is 27.4 Å². The number of carbonyl (C=O) groups excluding carboxylic acids is 1. The Balaban J connectivity index is 3.32. The van der Waals surface area contributed by atoms with Crippen molar-refractivity contribution in [2.75, 3.05) is 0 Å². The monoisotopic (exact) mass is 328 g/mol. The molecule has 0 radical (unpaired) electrons. The van der Waals surface area contributed by atoms with Gasteiger partial charge >= 0.3 is 6.18 Å². The van der Waals surface area contributed by atoms with E-state index < -0.39 is 51.3 Å². The van der Waals surface area contributed by atoms with Crippen molar-refractivity contribution in [2.45, 2.75) is 19.2 Å². The van der Waals surface area contributed by atoms with Gasteiger partial charge in [0.25, 0.3) is 5.69 Å². The molecule has 0 aliphatic heterocycles. The lowest BCUT2D eigenvalue weighted by Gasteiger charge is -2.18. The van der Waals surface area contributed by atoms with Crippen LogP contribution in [0.1, 0.15) is 24.2 Å². The molecule has 1 rings (SSSR count). The fraction of sp³-hybridized carbons (Fsp3) is 0.286. The quantitative estimate of drug-likeness (QED) is 0.387. The molecule has 0 amide bonds. The highest BCUT2D eigenvalue weighted by molar-refractivity contribution is 6.00. The van der Waals surface area contributed by atoms with Crippen molar-refractivity contribution in [2.24, 2.45) is 5.92 Å². The van der Waals surface area contributed by atoms with E-state index in [0.29, 0.717) is 6.07 Å². The maximum Gasteiger partial charge on any atom is 0.416 e. The van der Waals surface area contributed by atoms with Crippen molar-refractivity contribution in [3.8, 4) is 6.07 Å². The number of allylic oxidation sites excluding steroid dienone is 1. The predicted octanol–water partition coefficient (Wildman–Crippen LogP) is 2.93. The summed E-state index contributed by atoms with van der Waals surface area (Å²) in [5.41, 5.74) is -3.13. The number of benzene rings is 1. The lowest BCUT2D eigenvalue weighted by Crippen LogP contribution is -2.21. The molecule has 0 fully saturated rings. The third-order valence-corrected chi connectivity index (χ3v) is 3.19. The minimum Gasteiger partial charge on any atom is -0.387 e. The number of alkyl halides is 3. The summed E-state index contributed by atoms with van der Waals surface area (Å²) in [7, 11) is 0. The van der Waals surface area contributed by atoms with E-state index in [1.165, 1.54) is 13.0 Å². The Morgan fingerprint density at radius 3 is 2.48 bits per heavy atom. The second kappa shape index (κ2) is 6.58. The second-order valence-corrected chi connectivity index (χ2v) is 4.72. The Morgan fingerprint density at radius 2 is 2.04 bits per heavy atom. The standard InChI is InChI=1S/C14H11F3N2O4/c1-7(6-18)12(20)8(2)13(21)10-4-3-9(14(15,16)17)5-11(10)19(22)23/h3-5,8,13,21H,1H2,2H3. The largest absolute Gasteiger partial charge is 0.416 e. The van der Waals surface area contributed by atoms with Crippen LogP contribution in [0.15, 0.2) is 30.4 Å². The number of Topliss-reactive ketones (excluding diaryl/α,β-unsaturated/α-hetero) is 1. The normalized spacial score (nSPS) is 13.7. The Bertz CT molecular complexity index is 707. The minimum absolute atomic E-state index is 0.287. The van der Waals surface area contributed by atoms with Gasteiger partial charge in [0.15, 0.2) is 5.78 Å². The predicted molar refractivity (Wildman–Crippen MR) is 72.0 cm³/mol. The average molecular weight is 328 g/mol. The van der Waals surface area contributed by atoms with Crippen LogP contribution in [0.5, 0.6) is 0 Å². The molecule has 0 aliphatic carbocycles. The van der Waals surface area contributed by atoms with Crippen LogP contribution in [0.2, 0.25) is 0 Å². The first-order chi connectivity index (χ1) is 10.5. The van der Waals surface area contributed by atoms with Crippen molar-refractivity contribution in [1.29, 1.82) is 5.26 Å². The van der Waals surface area contributed by atoms with Gasteiger partial charge in [-0.15, -0.1) is 0 Å². The zero-order valence-electron chi connectivity index (χ0n) is 11.8. The molecule has 0 heterocycles. The van der Waals surface area contributed by atoms with Gasteiger partial charge in [-0.25, -0.2) is 0 Å². The van der Waals surface area contributed by atoms with Crippen LogP contribution in [-0.2, 0) is 11.0 Å². The summed E-state index contributed by atoms with van der Waals surface area (Å²) < 4.78 is 37.8. The van der Waals surface area contributed by atoms with Crippen molar-refractivity contribution in [1.82, 2.24) is 0 Å². The molecular formula is C14H11F3N2O4. The number of aliphatic hydroxyl groups is 1. The zero-order valence-corrected chi connectivity index (χ0v) is 11.8. The first kappa shape index (κ1) is 18.3. The van der Waals surface area contributed by atoms with E-state index in [9.17, 15) is 33.2 Å². The Labute approximate surface area is 128 Å². The molecule has 0 spiro atoms. The third-order valence-electron chi connectivity index (χ3n) is 3.19. The number of ketones is 1. The molecule has 1 aromatic rings. The summed E-state index contributed by atoms with van der Waals surface area (Å²) >= 11 is 0.